The molecule has 0 radical (unpaired) electrons. The highest BCUT2D eigenvalue weighted by molar-refractivity contribution is 7.26. The van der Waals surface area contributed by atoms with Crippen LogP contribution in [0.15, 0.2) is 170 Å². The zero-order chi connectivity index (χ0) is 35.5. The van der Waals surface area contributed by atoms with E-state index in [9.17, 15) is 0 Å². The predicted molar refractivity (Wildman–Crippen MR) is 228 cm³/mol. The number of para-hydroxylation sites is 3. The summed E-state index contributed by atoms with van der Waals surface area (Å²) < 4.78 is 7.75. The van der Waals surface area contributed by atoms with Crippen molar-refractivity contribution in [1.82, 2.24) is 9.13 Å². The zero-order valence-electron chi connectivity index (χ0n) is 29.6. The fourth-order valence-electron chi connectivity index (χ4n) is 9.61. The molecule has 1 aliphatic heterocycles. The van der Waals surface area contributed by atoms with Crippen LogP contribution in [-0.2, 0) is 0 Å². The average molecular weight is 712 g/mol. The summed E-state index contributed by atoms with van der Waals surface area (Å²) in [7, 11) is 2.34. The summed E-state index contributed by atoms with van der Waals surface area (Å²) in [5.74, 6) is 0. The molecule has 4 nitrogen and oxygen atoms in total. The molecular formula is C49H35N4S+. The van der Waals surface area contributed by atoms with Crippen molar-refractivity contribution in [2.75, 3.05) is 12.4 Å². The Labute approximate surface area is 315 Å². The number of quaternary nitrogens is 1. The molecule has 0 saturated heterocycles. The quantitative estimate of drug-likeness (QED) is 0.187. The second kappa shape index (κ2) is 11.3. The molecule has 0 aliphatic carbocycles. The van der Waals surface area contributed by atoms with E-state index in [0.29, 0.717) is 0 Å². The fraction of sp³-hybridized carbons (Fsp3) is 0.0612. The zero-order valence-corrected chi connectivity index (χ0v) is 30.4. The molecule has 5 heteroatoms. The van der Waals surface area contributed by atoms with E-state index in [-0.39, 0.29) is 12.3 Å². The van der Waals surface area contributed by atoms with Gasteiger partial charge in [-0.05, 0) is 53.2 Å². The molecule has 11 aromatic rings. The van der Waals surface area contributed by atoms with E-state index < -0.39 is 0 Å². The Morgan fingerprint density at radius 1 is 0.556 bits per heavy atom. The highest BCUT2D eigenvalue weighted by Crippen LogP contribution is 2.47. The minimum atomic E-state index is -0.0536. The van der Waals surface area contributed by atoms with E-state index in [1.807, 2.05) is 11.3 Å². The first-order valence-corrected chi connectivity index (χ1v) is 19.6. The summed E-state index contributed by atoms with van der Waals surface area (Å²) in [4.78, 5) is 1.38. The van der Waals surface area contributed by atoms with Crippen LogP contribution in [-0.4, -0.2) is 16.2 Å². The van der Waals surface area contributed by atoms with Gasteiger partial charge in [-0.3, -0.25) is 9.47 Å². The van der Waals surface area contributed by atoms with E-state index in [1.165, 1.54) is 102 Å². The van der Waals surface area contributed by atoms with Crippen molar-refractivity contribution in [3.8, 4) is 5.69 Å². The molecule has 256 valence electrons. The largest absolute Gasteiger partial charge is 0.317 e. The van der Waals surface area contributed by atoms with E-state index >= 15 is 0 Å². The molecule has 1 aliphatic rings. The van der Waals surface area contributed by atoms with Crippen molar-refractivity contribution >= 4 is 91.6 Å². The second-order valence-corrected chi connectivity index (χ2v) is 15.8. The Morgan fingerprint density at radius 2 is 1.26 bits per heavy atom. The van der Waals surface area contributed by atoms with Crippen molar-refractivity contribution in [2.24, 2.45) is 0 Å². The maximum Gasteiger partial charge on any atom is 0.246 e. The maximum absolute atomic E-state index is 4.03. The van der Waals surface area contributed by atoms with Gasteiger partial charge in [-0.15, -0.1) is 11.3 Å². The van der Waals surface area contributed by atoms with E-state index in [0.717, 1.165) is 0 Å². The highest BCUT2D eigenvalue weighted by atomic mass is 32.1. The Bertz CT molecular complexity index is 3280. The lowest BCUT2D eigenvalue weighted by Crippen LogP contribution is -3.12. The molecule has 0 saturated carbocycles. The molecule has 0 spiro atoms. The van der Waals surface area contributed by atoms with Crippen molar-refractivity contribution in [3.63, 3.8) is 0 Å². The van der Waals surface area contributed by atoms with Gasteiger partial charge in [0.2, 0.25) is 6.29 Å². The topological polar surface area (TPSA) is 26.3 Å². The molecule has 3 aromatic heterocycles. The number of thiophene rings is 1. The minimum Gasteiger partial charge on any atom is -0.317 e. The Morgan fingerprint density at radius 3 is 2.13 bits per heavy atom. The summed E-state index contributed by atoms with van der Waals surface area (Å²) in [6, 6.07) is 63.0. The van der Waals surface area contributed by atoms with Crippen molar-refractivity contribution in [2.45, 2.75) is 12.3 Å². The number of aromatic nitrogens is 2. The van der Waals surface area contributed by atoms with Crippen molar-refractivity contribution in [3.05, 3.63) is 181 Å². The molecule has 3 unspecified atom stereocenters. The third kappa shape index (κ3) is 4.11. The van der Waals surface area contributed by atoms with Gasteiger partial charge in [-0.25, -0.2) is 0 Å². The van der Waals surface area contributed by atoms with Gasteiger partial charge in [-0.2, -0.15) is 0 Å². The van der Waals surface area contributed by atoms with Crippen molar-refractivity contribution < 1.29 is 4.90 Å². The molecule has 0 amide bonds. The van der Waals surface area contributed by atoms with Gasteiger partial charge in [0.1, 0.15) is 6.04 Å². The number of rotatable bonds is 3. The van der Waals surface area contributed by atoms with Gasteiger partial charge in [0.15, 0.2) is 0 Å². The fourth-order valence-corrected chi connectivity index (χ4v) is 10.9. The van der Waals surface area contributed by atoms with Crippen LogP contribution in [0.4, 0.5) is 5.69 Å². The van der Waals surface area contributed by atoms with Gasteiger partial charge in [0.05, 0.1) is 33.8 Å². The molecule has 4 heterocycles. The number of nitrogens with one attached hydrogen (secondary N) is 2. The lowest BCUT2D eigenvalue weighted by Gasteiger charge is -2.40. The van der Waals surface area contributed by atoms with Crippen LogP contribution in [0.5, 0.6) is 0 Å². The molecule has 0 bridgehead atoms. The summed E-state index contributed by atoms with van der Waals surface area (Å²) in [5.41, 5.74) is 9.96. The van der Waals surface area contributed by atoms with Crippen LogP contribution in [0.1, 0.15) is 23.5 Å². The van der Waals surface area contributed by atoms with E-state index in [4.69, 9.17) is 0 Å². The highest BCUT2D eigenvalue weighted by Gasteiger charge is 2.38. The molecule has 3 atom stereocenters. The summed E-state index contributed by atoms with van der Waals surface area (Å²) in [5, 5.41) is 14.4. The van der Waals surface area contributed by atoms with E-state index in [1.54, 1.807) is 0 Å². The second-order valence-electron chi connectivity index (χ2n) is 14.8. The minimum absolute atomic E-state index is 0.0536. The third-order valence-corrected chi connectivity index (χ3v) is 13.1. The van der Waals surface area contributed by atoms with E-state index in [2.05, 4.69) is 191 Å². The first-order chi connectivity index (χ1) is 26.7. The predicted octanol–water partition coefficient (Wildman–Crippen LogP) is 11.6. The standard InChI is InChI=1S/C49H34N4S/c1-51-46(31-15-4-2-5-16-31)36-21-10-12-22-40(36)50-49(51)53-41-23-13-11-20-34(41)38-28-39-35-25-26-37-45-33-19-9-8-14-30(33)24-27-44(45)54-48(37)47(35)52(42(39)29-43(38)53)32-17-6-3-7-18-32/h2-29,46,49-50H,1H3/p+1. The molecule has 2 N–H and O–H groups in total. The van der Waals surface area contributed by atoms with Crippen LogP contribution in [0, 0.1) is 0 Å². The van der Waals surface area contributed by atoms with Gasteiger partial charge < -0.3 is 9.88 Å². The SMILES string of the molecule is C[NH+]1C(c2ccccc2)c2ccccc2NC1n1c2ccccc2c2cc3c4ccc5c(sc6ccc7ccccc7c65)c4n(-c4ccccc4)c3cc21. The lowest BCUT2D eigenvalue weighted by molar-refractivity contribution is -0.944. The number of hydrogen-bond acceptors (Lipinski definition) is 2. The number of anilines is 1. The summed E-state index contributed by atoms with van der Waals surface area (Å²) >= 11 is 1.92. The number of fused-ring (bicyclic) bond motifs is 13. The Kier molecular flexibility index (Phi) is 6.30. The Balaban J connectivity index is 1.19. The summed E-state index contributed by atoms with van der Waals surface area (Å²) in [6.45, 7) is 0. The van der Waals surface area contributed by atoms with Crippen LogP contribution in [0.3, 0.4) is 0 Å². The van der Waals surface area contributed by atoms with Crippen molar-refractivity contribution in [1.29, 1.82) is 0 Å². The number of nitrogens with zero attached hydrogens (tertiary/aromatic N) is 2. The van der Waals surface area contributed by atoms with Gasteiger partial charge >= 0.3 is 0 Å². The first kappa shape index (κ1) is 30.1. The number of benzene rings is 8. The maximum atomic E-state index is 4.03. The van der Waals surface area contributed by atoms with Crippen LogP contribution in [0.2, 0.25) is 0 Å². The molecule has 54 heavy (non-hydrogen) atoms. The van der Waals surface area contributed by atoms with Crippen LogP contribution < -0.4 is 10.2 Å². The van der Waals surface area contributed by atoms with Gasteiger partial charge in [-0.1, -0.05) is 127 Å². The first-order valence-electron chi connectivity index (χ1n) is 18.8. The molecule has 12 rings (SSSR count). The third-order valence-electron chi connectivity index (χ3n) is 11.9. The summed E-state index contributed by atoms with van der Waals surface area (Å²) in [6.07, 6.45) is -0.0536. The molecule has 0 fully saturated rings. The average Bonchev–Trinajstić information content (AvgIpc) is 3.88. The molecule has 8 aromatic carbocycles. The monoisotopic (exact) mass is 711 g/mol. The molecular weight excluding hydrogens is 677 g/mol. The Hall–Kier alpha value is -6.40. The van der Waals surface area contributed by atoms with Crippen LogP contribution >= 0.6 is 11.3 Å². The number of hydrogen-bond donors (Lipinski definition) is 2. The van der Waals surface area contributed by atoms with Gasteiger partial charge in [0.25, 0.3) is 0 Å². The lowest BCUT2D eigenvalue weighted by atomic mass is 9.94. The van der Waals surface area contributed by atoms with Gasteiger partial charge in [0, 0.05) is 59.5 Å². The smallest absolute Gasteiger partial charge is 0.246 e. The van der Waals surface area contributed by atoms with Crippen LogP contribution in [0.25, 0.3) is 80.2 Å². The normalized spacial score (nSPS) is 17.3.